The Morgan fingerprint density at radius 2 is 2.16 bits per heavy atom. The number of hydrogen-bond donors (Lipinski definition) is 2. The molecule has 0 aliphatic heterocycles. The highest BCUT2D eigenvalue weighted by molar-refractivity contribution is 6.02. The van der Waals surface area contributed by atoms with Crippen molar-refractivity contribution in [3.8, 4) is 0 Å². The van der Waals surface area contributed by atoms with Crippen LogP contribution in [0.2, 0.25) is 0 Å². The summed E-state index contributed by atoms with van der Waals surface area (Å²) in [5, 5.41) is 3.89. The van der Waals surface area contributed by atoms with Crippen LogP contribution in [0.25, 0.3) is 10.9 Å². The van der Waals surface area contributed by atoms with E-state index in [0.29, 0.717) is 11.5 Å². The fraction of sp³-hybridized carbons (Fsp3) is 0.421. The van der Waals surface area contributed by atoms with E-state index in [4.69, 9.17) is 10.5 Å². The van der Waals surface area contributed by atoms with Gasteiger partial charge in [-0.1, -0.05) is 18.2 Å². The van der Waals surface area contributed by atoms with Gasteiger partial charge in [-0.15, -0.1) is 0 Å². The lowest BCUT2D eigenvalue weighted by molar-refractivity contribution is -0.153. The molecule has 2 aliphatic rings. The average Bonchev–Trinajstić information content (AvgIpc) is 3.19. The van der Waals surface area contributed by atoms with Crippen molar-refractivity contribution in [3.05, 3.63) is 35.9 Å². The Hall–Kier alpha value is -2.63. The van der Waals surface area contributed by atoms with Gasteiger partial charge in [0, 0.05) is 11.4 Å². The minimum atomic E-state index is -0.589. The number of benzene rings is 1. The molecule has 0 spiro atoms. The third kappa shape index (κ3) is 2.44. The van der Waals surface area contributed by atoms with Gasteiger partial charge in [0.25, 0.3) is 5.91 Å². The van der Waals surface area contributed by atoms with E-state index in [1.165, 1.54) is 7.11 Å². The van der Waals surface area contributed by atoms with Crippen LogP contribution in [0.5, 0.6) is 0 Å². The van der Waals surface area contributed by atoms with Gasteiger partial charge >= 0.3 is 5.97 Å². The van der Waals surface area contributed by atoms with Crippen LogP contribution < -0.4 is 11.1 Å². The molecule has 25 heavy (non-hydrogen) atoms. The number of aromatic nitrogens is 1. The van der Waals surface area contributed by atoms with E-state index in [1.807, 2.05) is 24.3 Å². The molecule has 3 atom stereocenters. The number of fused-ring (bicyclic) bond motifs is 3. The first-order valence-electron chi connectivity index (χ1n) is 8.58. The van der Waals surface area contributed by atoms with Crippen LogP contribution >= 0.6 is 0 Å². The number of amides is 1. The third-order valence-electron chi connectivity index (χ3n) is 5.78. The molecule has 1 amide bonds. The monoisotopic (exact) mass is 339 g/mol. The lowest BCUT2D eigenvalue weighted by atomic mass is 9.79. The summed E-state index contributed by atoms with van der Waals surface area (Å²) in [5.74, 6) is 0.168. The van der Waals surface area contributed by atoms with Crippen molar-refractivity contribution in [1.29, 1.82) is 0 Å². The second kappa shape index (κ2) is 5.72. The van der Waals surface area contributed by atoms with Crippen LogP contribution in [0.15, 0.2) is 30.3 Å². The minimum absolute atomic E-state index is 0.200. The van der Waals surface area contributed by atoms with Gasteiger partial charge in [-0.25, -0.2) is 4.98 Å². The number of nitrogens with one attached hydrogen (secondary N) is 1. The van der Waals surface area contributed by atoms with Crippen LogP contribution in [-0.2, 0) is 9.53 Å². The highest BCUT2D eigenvalue weighted by atomic mass is 16.5. The molecule has 3 N–H and O–H groups in total. The smallest absolute Gasteiger partial charge is 0.313 e. The Morgan fingerprint density at radius 1 is 1.36 bits per heavy atom. The van der Waals surface area contributed by atoms with E-state index in [1.54, 1.807) is 6.07 Å². The number of nitrogen functional groups attached to an aromatic ring is 1. The summed E-state index contributed by atoms with van der Waals surface area (Å²) in [7, 11) is 1.41. The number of hydrogen-bond acceptors (Lipinski definition) is 5. The van der Waals surface area contributed by atoms with Gasteiger partial charge in [0.05, 0.1) is 23.6 Å². The van der Waals surface area contributed by atoms with E-state index < -0.39 is 5.41 Å². The Bertz CT molecular complexity index is 866. The lowest BCUT2D eigenvalue weighted by Crippen LogP contribution is -2.49. The van der Waals surface area contributed by atoms with Crippen molar-refractivity contribution in [1.82, 2.24) is 10.3 Å². The number of methoxy groups -OCH3 is 1. The topological polar surface area (TPSA) is 94.3 Å². The third-order valence-corrected chi connectivity index (χ3v) is 5.78. The maximum absolute atomic E-state index is 12.8. The van der Waals surface area contributed by atoms with Gasteiger partial charge in [0.15, 0.2) is 0 Å². The minimum Gasteiger partial charge on any atom is -0.469 e. The molecule has 6 heteroatoms. The zero-order valence-electron chi connectivity index (χ0n) is 14.1. The Kier molecular flexibility index (Phi) is 3.63. The number of nitrogens with zero attached hydrogens (tertiary/aromatic N) is 1. The van der Waals surface area contributed by atoms with Crippen LogP contribution in [0.1, 0.15) is 36.0 Å². The SMILES string of the molecule is COC(=O)C12CCC(CC1NC(=O)c1cc3ccccc3nc1N)C2. The molecule has 1 heterocycles. The number of nitrogens with two attached hydrogens (primary N) is 1. The molecule has 2 aliphatic carbocycles. The van der Waals surface area contributed by atoms with E-state index >= 15 is 0 Å². The fourth-order valence-corrected chi connectivity index (χ4v) is 4.53. The maximum Gasteiger partial charge on any atom is 0.313 e. The zero-order chi connectivity index (χ0) is 17.6. The number of rotatable bonds is 3. The molecule has 2 aromatic rings. The Balaban J connectivity index is 1.62. The molecular weight excluding hydrogens is 318 g/mol. The summed E-state index contributed by atoms with van der Waals surface area (Å²) in [4.78, 5) is 29.5. The summed E-state index contributed by atoms with van der Waals surface area (Å²) >= 11 is 0. The second-order valence-electron chi connectivity index (χ2n) is 7.13. The summed E-state index contributed by atoms with van der Waals surface area (Å²) in [6, 6.07) is 9.07. The molecular formula is C19H21N3O3. The maximum atomic E-state index is 12.8. The average molecular weight is 339 g/mol. The van der Waals surface area contributed by atoms with Crippen LogP contribution in [0, 0.1) is 11.3 Å². The van der Waals surface area contributed by atoms with Crippen molar-refractivity contribution < 1.29 is 14.3 Å². The van der Waals surface area contributed by atoms with Crippen molar-refractivity contribution in [3.63, 3.8) is 0 Å². The largest absolute Gasteiger partial charge is 0.469 e. The number of para-hydroxylation sites is 1. The van der Waals surface area contributed by atoms with E-state index in [-0.39, 0.29) is 23.7 Å². The number of carbonyl (C=O) groups excluding carboxylic acids is 2. The molecule has 1 aromatic carbocycles. The number of pyridine rings is 1. The van der Waals surface area contributed by atoms with Crippen molar-refractivity contribution in [2.24, 2.45) is 11.3 Å². The molecule has 3 unspecified atom stereocenters. The fourth-order valence-electron chi connectivity index (χ4n) is 4.53. The lowest BCUT2D eigenvalue weighted by Gasteiger charge is -2.33. The highest BCUT2D eigenvalue weighted by Gasteiger charge is 2.58. The molecule has 130 valence electrons. The molecule has 2 fully saturated rings. The van der Waals surface area contributed by atoms with Gasteiger partial charge in [0.1, 0.15) is 5.82 Å². The van der Waals surface area contributed by atoms with Gasteiger partial charge in [-0.3, -0.25) is 9.59 Å². The normalized spacial score (nSPS) is 27.4. The summed E-state index contributed by atoms with van der Waals surface area (Å²) in [6.07, 6.45) is 3.37. The summed E-state index contributed by atoms with van der Waals surface area (Å²) in [5.41, 5.74) is 6.50. The zero-order valence-corrected chi connectivity index (χ0v) is 14.1. The van der Waals surface area contributed by atoms with Crippen molar-refractivity contribution in [2.75, 3.05) is 12.8 Å². The van der Waals surface area contributed by atoms with E-state index in [9.17, 15) is 9.59 Å². The molecule has 2 bridgehead atoms. The Morgan fingerprint density at radius 3 is 2.92 bits per heavy atom. The van der Waals surface area contributed by atoms with Crippen molar-refractivity contribution in [2.45, 2.75) is 31.7 Å². The van der Waals surface area contributed by atoms with Gasteiger partial charge in [-0.05, 0) is 43.7 Å². The van der Waals surface area contributed by atoms with Crippen LogP contribution in [0.4, 0.5) is 5.82 Å². The molecule has 4 rings (SSSR count). The summed E-state index contributed by atoms with van der Waals surface area (Å²) in [6.45, 7) is 0. The summed E-state index contributed by atoms with van der Waals surface area (Å²) < 4.78 is 5.03. The van der Waals surface area contributed by atoms with Gasteiger partial charge in [-0.2, -0.15) is 0 Å². The van der Waals surface area contributed by atoms with Gasteiger partial charge in [0.2, 0.25) is 0 Å². The van der Waals surface area contributed by atoms with E-state index in [0.717, 1.165) is 36.6 Å². The first-order chi connectivity index (χ1) is 12.0. The number of carbonyl (C=O) groups is 2. The molecule has 2 saturated carbocycles. The van der Waals surface area contributed by atoms with Crippen LogP contribution in [0.3, 0.4) is 0 Å². The van der Waals surface area contributed by atoms with E-state index in [2.05, 4.69) is 10.3 Å². The molecule has 1 aromatic heterocycles. The van der Waals surface area contributed by atoms with Crippen molar-refractivity contribution >= 4 is 28.6 Å². The quantitative estimate of drug-likeness (QED) is 0.837. The molecule has 6 nitrogen and oxygen atoms in total. The first kappa shape index (κ1) is 15.9. The molecule has 0 radical (unpaired) electrons. The predicted octanol–water partition coefficient (Wildman–Crippen LogP) is 2.28. The van der Waals surface area contributed by atoms with Crippen LogP contribution in [-0.4, -0.2) is 30.0 Å². The Labute approximate surface area is 145 Å². The predicted molar refractivity (Wildman–Crippen MR) is 93.8 cm³/mol. The second-order valence-corrected chi connectivity index (χ2v) is 7.13. The number of esters is 1. The number of ether oxygens (including phenoxy) is 1. The van der Waals surface area contributed by atoms with Gasteiger partial charge < -0.3 is 15.8 Å². The standard InChI is InChI=1S/C19H21N3O3/c1-25-18(24)19-7-6-11(10-19)8-15(19)22-17(23)13-9-12-4-2-3-5-14(12)21-16(13)20/h2-5,9,11,15H,6-8,10H2,1H3,(H2,20,21)(H,22,23). The number of anilines is 1. The molecule has 0 saturated heterocycles. The highest BCUT2D eigenvalue weighted by Crippen LogP contribution is 2.54. The first-order valence-corrected chi connectivity index (χ1v) is 8.58.